The van der Waals surface area contributed by atoms with Crippen molar-refractivity contribution in [3.63, 3.8) is 0 Å². The average molecular weight is 178 g/mol. The van der Waals surface area contributed by atoms with E-state index < -0.39 is 24.6 Å². The maximum absolute atomic E-state index is 9.38. The third-order valence-corrected chi connectivity index (χ3v) is 1.85. The maximum Gasteiger partial charge on any atom is 0.184 e. The zero-order chi connectivity index (χ0) is 9.14. The number of rotatable bonds is 3. The predicted molar refractivity (Wildman–Crippen MR) is 39.4 cm³/mol. The van der Waals surface area contributed by atoms with Crippen molar-refractivity contribution in [3.05, 3.63) is 0 Å². The van der Waals surface area contributed by atoms with E-state index in [4.69, 9.17) is 14.6 Å². The van der Waals surface area contributed by atoms with Gasteiger partial charge in [-0.1, -0.05) is 0 Å². The minimum Gasteiger partial charge on any atom is -0.394 e. The number of aliphatic hydroxyl groups is 3. The summed E-state index contributed by atoms with van der Waals surface area (Å²) in [4.78, 5) is 0. The van der Waals surface area contributed by atoms with Crippen molar-refractivity contribution in [2.24, 2.45) is 0 Å². The van der Waals surface area contributed by atoms with Gasteiger partial charge in [-0.25, -0.2) is 0 Å². The first-order valence-corrected chi connectivity index (χ1v) is 3.94. The topological polar surface area (TPSA) is 79.2 Å². The molecule has 12 heavy (non-hydrogen) atoms. The van der Waals surface area contributed by atoms with Crippen LogP contribution in [-0.4, -0.2) is 53.1 Å². The Morgan fingerprint density at radius 2 is 2.08 bits per heavy atom. The van der Waals surface area contributed by atoms with Crippen LogP contribution in [0.3, 0.4) is 0 Å². The summed E-state index contributed by atoms with van der Waals surface area (Å²) in [5, 5.41) is 27.2. The van der Waals surface area contributed by atoms with Crippen LogP contribution in [0.5, 0.6) is 0 Å². The summed E-state index contributed by atoms with van der Waals surface area (Å²) in [6, 6.07) is 0. The van der Waals surface area contributed by atoms with Crippen molar-refractivity contribution in [3.8, 4) is 0 Å². The lowest BCUT2D eigenvalue weighted by Gasteiger charge is -2.16. The second-order valence-corrected chi connectivity index (χ2v) is 2.66. The molecule has 1 aliphatic heterocycles. The standard InChI is InChI=1S/C7H14O5/c1-2-11-6-5(9)4(3-8)12-7(6)10/h4-10H,2-3H2,1H3/t4-,5-,6-,7?/m1/s1. The number of aliphatic hydroxyl groups excluding tert-OH is 3. The van der Waals surface area contributed by atoms with E-state index in [-0.39, 0.29) is 6.61 Å². The van der Waals surface area contributed by atoms with Crippen molar-refractivity contribution < 1.29 is 24.8 Å². The van der Waals surface area contributed by atoms with Crippen molar-refractivity contribution in [1.82, 2.24) is 0 Å². The van der Waals surface area contributed by atoms with Crippen LogP contribution in [0.2, 0.25) is 0 Å². The van der Waals surface area contributed by atoms with Gasteiger partial charge in [-0.15, -0.1) is 0 Å². The molecule has 0 saturated carbocycles. The van der Waals surface area contributed by atoms with Crippen LogP contribution in [-0.2, 0) is 9.47 Å². The first-order chi connectivity index (χ1) is 5.70. The quantitative estimate of drug-likeness (QED) is 0.488. The van der Waals surface area contributed by atoms with Gasteiger partial charge >= 0.3 is 0 Å². The van der Waals surface area contributed by atoms with Crippen LogP contribution in [0.25, 0.3) is 0 Å². The van der Waals surface area contributed by atoms with E-state index in [0.29, 0.717) is 6.61 Å². The molecule has 72 valence electrons. The normalized spacial score (nSPS) is 42.0. The summed E-state index contributed by atoms with van der Waals surface area (Å²) >= 11 is 0. The lowest BCUT2D eigenvalue weighted by atomic mass is 10.1. The summed E-state index contributed by atoms with van der Waals surface area (Å²) in [6.07, 6.45) is -3.58. The molecule has 1 fully saturated rings. The molecule has 0 amide bonds. The fraction of sp³-hybridized carbons (Fsp3) is 1.00. The molecule has 0 aromatic rings. The Morgan fingerprint density at radius 1 is 1.42 bits per heavy atom. The zero-order valence-electron chi connectivity index (χ0n) is 6.88. The van der Waals surface area contributed by atoms with Crippen molar-refractivity contribution in [2.75, 3.05) is 13.2 Å². The fourth-order valence-electron chi connectivity index (χ4n) is 1.24. The van der Waals surface area contributed by atoms with Crippen LogP contribution in [0, 0.1) is 0 Å². The van der Waals surface area contributed by atoms with Crippen LogP contribution in [0.1, 0.15) is 6.92 Å². The molecule has 0 bridgehead atoms. The van der Waals surface area contributed by atoms with Gasteiger partial charge in [-0.05, 0) is 6.92 Å². The first kappa shape index (κ1) is 9.88. The lowest BCUT2D eigenvalue weighted by Crippen LogP contribution is -2.36. The molecule has 1 rings (SSSR count). The first-order valence-electron chi connectivity index (χ1n) is 3.94. The highest BCUT2D eigenvalue weighted by Gasteiger charge is 2.42. The third kappa shape index (κ3) is 1.75. The lowest BCUT2D eigenvalue weighted by molar-refractivity contribution is -0.145. The van der Waals surface area contributed by atoms with Gasteiger partial charge in [0.2, 0.25) is 0 Å². The van der Waals surface area contributed by atoms with Crippen molar-refractivity contribution >= 4 is 0 Å². The van der Waals surface area contributed by atoms with Crippen molar-refractivity contribution in [1.29, 1.82) is 0 Å². The molecule has 0 aromatic carbocycles. The molecule has 1 heterocycles. The van der Waals surface area contributed by atoms with E-state index in [2.05, 4.69) is 0 Å². The summed E-state index contributed by atoms with van der Waals surface area (Å²) < 4.78 is 9.84. The van der Waals surface area contributed by atoms with E-state index >= 15 is 0 Å². The summed E-state index contributed by atoms with van der Waals surface area (Å²) in [5.74, 6) is 0. The zero-order valence-corrected chi connectivity index (χ0v) is 6.88. The summed E-state index contributed by atoms with van der Waals surface area (Å²) in [7, 11) is 0. The van der Waals surface area contributed by atoms with E-state index in [9.17, 15) is 10.2 Å². The minimum atomic E-state index is -1.14. The molecule has 5 heteroatoms. The minimum absolute atomic E-state index is 0.318. The Bertz CT molecular complexity index is 140. The molecule has 5 nitrogen and oxygen atoms in total. The van der Waals surface area contributed by atoms with Crippen LogP contribution in [0.4, 0.5) is 0 Å². The molecule has 1 saturated heterocycles. The smallest absolute Gasteiger partial charge is 0.184 e. The number of hydrogen-bond donors (Lipinski definition) is 3. The summed E-state index contributed by atoms with van der Waals surface area (Å²) in [5.41, 5.74) is 0. The number of ether oxygens (including phenoxy) is 2. The molecule has 1 aliphatic rings. The van der Waals surface area contributed by atoms with Gasteiger partial charge in [0.05, 0.1) is 6.61 Å². The van der Waals surface area contributed by atoms with Crippen LogP contribution < -0.4 is 0 Å². The Morgan fingerprint density at radius 3 is 2.50 bits per heavy atom. The highest BCUT2D eigenvalue weighted by molar-refractivity contribution is 4.86. The molecule has 0 aliphatic carbocycles. The maximum atomic E-state index is 9.38. The third-order valence-electron chi connectivity index (χ3n) is 1.85. The van der Waals surface area contributed by atoms with Crippen LogP contribution >= 0.6 is 0 Å². The molecular weight excluding hydrogens is 164 g/mol. The van der Waals surface area contributed by atoms with Gasteiger partial charge in [0, 0.05) is 6.61 Å². The van der Waals surface area contributed by atoms with Gasteiger partial charge in [0.1, 0.15) is 18.3 Å². The number of hydrogen-bond acceptors (Lipinski definition) is 5. The van der Waals surface area contributed by atoms with Gasteiger partial charge in [0.25, 0.3) is 0 Å². The monoisotopic (exact) mass is 178 g/mol. The molecule has 1 unspecified atom stereocenters. The van der Waals surface area contributed by atoms with Gasteiger partial charge < -0.3 is 24.8 Å². The molecule has 4 atom stereocenters. The van der Waals surface area contributed by atoms with Gasteiger partial charge in [0.15, 0.2) is 6.29 Å². The largest absolute Gasteiger partial charge is 0.394 e. The Labute approximate surface area is 70.5 Å². The second-order valence-electron chi connectivity index (χ2n) is 2.66. The van der Waals surface area contributed by atoms with Gasteiger partial charge in [-0.2, -0.15) is 0 Å². The molecule has 0 spiro atoms. The van der Waals surface area contributed by atoms with Crippen LogP contribution in [0.15, 0.2) is 0 Å². The van der Waals surface area contributed by atoms with Crippen molar-refractivity contribution in [2.45, 2.75) is 31.5 Å². The summed E-state index contributed by atoms with van der Waals surface area (Å²) in [6.45, 7) is 1.83. The van der Waals surface area contributed by atoms with E-state index in [0.717, 1.165) is 0 Å². The van der Waals surface area contributed by atoms with E-state index in [1.807, 2.05) is 0 Å². The highest BCUT2D eigenvalue weighted by Crippen LogP contribution is 2.21. The second kappa shape index (κ2) is 4.15. The Balaban J connectivity index is 2.51. The SMILES string of the molecule is CCO[C@H]1C(O)O[C@H](CO)[C@H]1O. The molecular formula is C7H14O5. The van der Waals surface area contributed by atoms with E-state index in [1.165, 1.54) is 0 Å². The predicted octanol–water partition coefficient (Wildman–Crippen LogP) is -1.54. The fourth-order valence-corrected chi connectivity index (χ4v) is 1.24. The average Bonchev–Trinajstić information content (AvgIpc) is 2.32. The molecule has 0 radical (unpaired) electrons. The highest BCUT2D eigenvalue weighted by atomic mass is 16.7. The van der Waals surface area contributed by atoms with E-state index in [1.54, 1.807) is 6.92 Å². The van der Waals surface area contributed by atoms with Gasteiger partial charge in [-0.3, -0.25) is 0 Å². The Kier molecular flexibility index (Phi) is 3.42. The Hall–Kier alpha value is -0.200. The molecule has 3 N–H and O–H groups in total. The molecule has 0 aromatic heterocycles.